The lowest BCUT2D eigenvalue weighted by atomic mass is 10.2. The Kier molecular flexibility index (Phi) is 3.67. The first-order valence-corrected chi connectivity index (χ1v) is 6.61. The summed E-state index contributed by atoms with van der Waals surface area (Å²) in [5, 5.41) is 0. The lowest BCUT2D eigenvalue weighted by Gasteiger charge is -2.20. The van der Waals surface area contributed by atoms with E-state index in [1.165, 1.54) is 26.8 Å². The molecule has 0 unspecified atom stereocenters. The summed E-state index contributed by atoms with van der Waals surface area (Å²) in [6.07, 6.45) is -4.50. The summed E-state index contributed by atoms with van der Waals surface area (Å²) in [5.41, 5.74) is -0.989. The number of anilines is 1. The molecule has 0 aromatic heterocycles. The van der Waals surface area contributed by atoms with E-state index < -0.39 is 26.5 Å². The van der Waals surface area contributed by atoms with Crippen LogP contribution in [0, 0.1) is 0 Å². The second-order valence-electron chi connectivity index (χ2n) is 4.80. The summed E-state index contributed by atoms with van der Waals surface area (Å²) in [5.74, 6) is 0. The van der Waals surface area contributed by atoms with Gasteiger partial charge in [0.25, 0.3) is 0 Å². The molecule has 3 nitrogen and oxygen atoms in total. The lowest BCUT2D eigenvalue weighted by molar-refractivity contribution is -0.137. The number of alkyl halides is 3. The van der Waals surface area contributed by atoms with Crippen LogP contribution in [-0.4, -0.2) is 13.2 Å². The Morgan fingerprint density at radius 1 is 1.11 bits per heavy atom. The third-order valence-electron chi connectivity index (χ3n) is 2.25. The highest BCUT2D eigenvalue weighted by atomic mass is 32.2. The van der Waals surface area contributed by atoms with Crippen LogP contribution in [0.5, 0.6) is 0 Å². The SMILES string of the molecule is CC(C)(C)S(=O)(=O)Nc1cccc(C(F)(F)F)c1. The predicted octanol–water partition coefficient (Wildman–Crippen LogP) is 3.25. The van der Waals surface area contributed by atoms with Crippen molar-refractivity contribution in [3.8, 4) is 0 Å². The normalized spacial score (nSPS) is 13.4. The Hall–Kier alpha value is -1.24. The number of sulfonamides is 1. The Morgan fingerprint density at radius 3 is 2.11 bits per heavy atom. The average Bonchev–Trinajstić information content (AvgIpc) is 2.14. The third kappa shape index (κ3) is 3.38. The largest absolute Gasteiger partial charge is 0.416 e. The fraction of sp³-hybridized carbons (Fsp3) is 0.455. The van der Waals surface area contributed by atoms with Crippen molar-refractivity contribution in [1.82, 2.24) is 0 Å². The van der Waals surface area contributed by atoms with Crippen molar-refractivity contribution < 1.29 is 21.6 Å². The highest BCUT2D eigenvalue weighted by Gasteiger charge is 2.32. The monoisotopic (exact) mass is 281 g/mol. The van der Waals surface area contributed by atoms with Crippen molar-refractivity contribution in [2.75, 3.05) is 4.72 Å². The first-order valence-electron chi connectivity index (χ1n) is 5.13. The minimum atomic E-state index is -4.50. The molecule has 0 amide bonds. The number of benzene rings is 1. The number of halogens is 3. The average molecular weight is 281 g/mol. The Labute approximate surface area is 104 Å². The molecule has 0 radical (unpaired) electrons. The van der Waals surface area contributed by atoms with Gasteiger partial charge < -0.3 is 0 Å². The number of nitrogens with one attached hydrogen (secondary N) is 1. The highest BCUT2D eigenvalue weighted by molar-refractivity contribution is 7.94. The molecule has 1 rings (SSSR count). The fourth-order valence-corrected chi connectivity index (χ4v) is 1.81. The Bertz CT molecular complexity index is 530. The van der Waals surface area contributed by atoms with Gasteiger partial charge in [-0.3, -0.25) is 4.72 Å². The third-order valence-corrected chi connectivity index (χ3v) is 4.37. The maximum atomic E-state index is 12.5. The van der Waals surface area contributed by atoms with Gasteiger partial charge in [0, 0.05) is 5.69 Å². The van der Waals surface area contributed by atoms with E-state index in [0.717, 1.165) is 18.2 Å². The van der Waals surface area contributed by atoms with Crippen molar-refractivity contribution in [3.63, 3.8) is 0 Å². The second-order valence-corrected chi connectivity index (χ2v) is 7.23. The molecule has 1 aromatic carbocycles. The van der Waals surface area contributed by atoms with Gasteiger partial charge >= 0.3 is 6.18 Å². The van der Waals surface area contributed by atoms with E-state index in [-0.39, 0.29) is 5.69 Å². The minimum Gasteiger partial charge on any atom is -0.283 e. The molecule has 0 aliphatic carbocycles. The van der Waals surface area contributed by atoms with Crippen LogP contribution in [0.25, 0.3) is 0 Å². The van der Waals surface area contributed by atoms with E-state index in [1.807, 2.05) is 0 Å². The van der Waals surface area contributed by atoms with E-state index in [4.69, 9.17) is 0 Å². The molecule has 102 valence electrons. The molecule has 7 heteroatoms. The smallest absolute Gasteiger partial charge is 0.283 e. The Balaban J connectivity index is 3.08. The molecule has 0 aliphatic rings. The zero-order valence-electron chi connectivity index (χ0n) is 10.2. The molecule has 0 saturated heterocycles. The van der Waals surface area contributed by atoms with Crippen LogP contribution in [0.15, 0.2) is 24.3 Å². The summed E-state index contributed by atoms with van der Waals surface area (Å²) < 4.78 is 62.0. The van der Waals surface area contributed by atoms with Crippen molar-refractivity contribution in [2.45, 2.75) is 31.7 Å². The van der Waals surface area contributed by atoms with Crippen molar-refractivity contribution in [1.29, 1.82) is 0 Å². The van der Waals surface area contributed by atoms with Gasteiger partial charge in [-0.2, -0.15) is 13.2 Å². The van der Waals surface area contributed by atoms with Gasteiger partial charge in [-0.1, -0.05) is 6.07 Å². The molecule has 0 bridgehead atoms. The van der Waals surface area contributed by atoms with Gasteiger partial charge in [-0.05, 0) is 39.0 Å². The molecule has 0 heterocycles. The quantitative estimate of drug-likeness (QED) is 0.904. The molecular formula is C11H14F3NO2S. The molecule has 0 aliphatic heterocycles. The van der Waals surface area contributed by atoms with E-state index in [9.17, 15) is 21.6 Å². The van der Waals surface area contributed by atoms with Crippen LogP contribution in [0.2, 0.25) is 0 Å². The van der Waals surface area contributed by atoms with E-state index in [2.05, 4.69) is 4.72 Å². The zero-order valence-corrected chi connectivity index (χ0v) is 11.0. The van der Waals surface area contributed by atoms with Gasteiger partial charge in [0.15, 0.2) is 0 Å². The van der Waals surface area contributed by atoms with E-state index in [0.29, 0.717) is 0 Å². The lowest BCUT2D eigenvalue weighted by Crippen LogP contribution is -2.33. The Morgan fingerprint density at radius 2 is 1.67 bits per heavy atom. The minimum absolute atomic E-state index is 0.0975. The zero-order chi connectivity index (χ0) is 14.2. The summed E-state index contributed by atoms with van der Waals surface area (Å²) in [4.78, 5) is 0. The molecule has 1 N–H and O–H groups in total. The second kappa shape index (κ2) is 4.46. The van der Waals surface area contributed by atoms with Gasteiger partial charge in [0.2, 0.25) is 10.0 Å². The molecular weight excluding hydrogens is 267 g/mol. The van der Waals surface area contributed by atoms with Crippen LogP contribution in [0.1, 0.15) is 26.3 Å². The molecule has 1 aromatic rings. The van der Waals surface area contributed by atoms with Gasteiger partial charge in [0.1, 0.15) is 0 Å². The van der Waals surface area contributed by atoms with E-state index >= 15 is 0 Å². The van der Waals surface area contributed by atoms with Gasteiger partial charge in [-0.15, -0.1) is 0 Å². The first-order chi connectivity index (χ1) is 7.93. The standard InChI is InChI=1S/C11H14F3NO2S/c1-10(2,3)18(16,17)15-9-6-4-5-8(7-9)11(12,13)14/h4-7,15H,1-3H3. The van der Waals surface area contributed by atoms with E-state index in [1.54, 1.807) is 0 Å². The number of rotatable bonds is 2. The predicted molar refractivity (Wildman–Crippen MR) is 63.7 cm³/mol. The van der Waals surface area contributed by atoms with Crippen molar-refractivity contribution in [3.05, 3.63) is 29.8 Å². The molecule has 0 spiro atoms. The summed E-state index contributed by atoms with van der Waals surface area (Å²) in [6, 6.07) is 4.08. The van der Waals surface area contributed by atoms with Crippen LogP contribution in [0.3, 0.4) is 0 Å². The van der Waals surface area contributed by atoms with Gasteiger partial charge in [-0.25, -0.2) is 8.42 Å². The number of hydrogen-bond acceptors (Lipinski definition) is 2. The molecule has 0 fully saturated rings. The van der Waals surface area contributed by atoms with Crippen LogP contribution in [0.4, 0.5) is 18.9 Å². The summed E-state index contributed by atoms with van der Waals surface area (Å²) in [6.45, 7) is 4.38. The summed E-state index contributed by atoms with van der Waals surface area (Å²) in [7, 11) is -3.73. The van der Waals surface area contributed by atoms with Crippen molar-refractivity contribution >= 4 is 15.7 Å². The maximum Gasteiger partial charge on any atom is 0.416 e. The van der Waals surface area contributed by atoms with Crippen LogP contribution >= 0.6 is 0 Å². The topological polar surface area (TPSA) is 46.2 Å². The van der Waals surface area contributed by atoms with Crippen molar-refractivity contribution in [2.24, 2.45) is 0 Å². The van der Waals surface area contributed by atoms with Crippen LogP contribution in [-0.2, 0) is 16.2 Å². The fourth-order valence-electron chi connectivity index (χ4n) is 1.07. The molecule has 0 saturated carbocycles. The highest BCUT2D eigenvalue weighted by Crippen LogP contribution is 2.31. The molecule has 0 atom stereocenters. The maximum absolute atomic E-state index is 12.5. The summed E-state index contributed by atoms with van der Waals surface area (Å²) >= 11 is 0. The number of hydrogen-bond donors (Lipinski definition) is 1. The first kappa shape index (κ1) is 14.8. The van der Waals surface area contributed by atoms with Crippen LogP contribution < -0.4 is 4.72 Å². The molecule has 18 heavy (non-hydrogen) atoms. The van der Waals surface area contributed by atoms with Gasteiger partial charge in [0.05, 0.1) is 10.3 Å².